The summed E-state index contributed by atoms with van der Waals surface area (Å²) in [6.07, 6.45) is 1.33. The second kappa shape index (κ2) is 4.57. The molecule has 86 valence electrons. The molecule has 16 heavy (non-hydrogen) atoms. The SMILES string of the molecule is Cc1cc(C)c(/C(N)=C/N=C(N)N)c(O)c1. The maximum Gasteiger partial charge on any atom is 0.190 e. The highest BCUT2D eigenvalue weighted by Gasteiger charge is 2.08. The van der Waals surface area contributed by atoms with Gasteiger partial charge in [0.2, 0.25) is 0 Å². The zero-order valence-electron chi connectivity index (χ0n) is 9.36. The Balaban J connectivity index is 3.24. The Labute approximate surface area is 94.3 Å². The van der Waals surface area contributed by atoms with Crippen molar-refractivity contribution in [2.24, 2.45) is 22.2 Å². The van der Waals surface area contributed by atoms with Crippen LogP contribution in [0.2, 0.25) is 0 Å². The second-order valence-corrected chi connectivity index (χ2v) is 3.61. The maximum absolute atomic E-state index is 9.78. The van der Waals surface area contributed by atoms with Gasteiger partial charge in [-0.25, -0.2) is 4.99 Å². The Morgan fingerprint density at radius 1 is 1.25 bits per heavy atom. The summed E-state index contributed by atoms with van der Waals surface area (Å²) in [5, 5.41) is 9.78. The molecule has 7 N–H and O–H groups in total. The number of aliphatic imine (C=N–C) groups is 1. The van der Waals surface area contributed by atoms with Gasteiger partial charge in [0.25, 0.3) is 0 Å². The quantitative estimate of drug-likeness (QED) is 0.430. The summed E-state index contributed by atoms with van der Waals surface area (Å²) in [7, 11) is 0. The minimum Gasteiger partial charge on any atom is -0.507 e. The predicted molar refractivity (Wildman–Crippen MR) is 65.6 cm³/mol. The molecule has 0 bridgehead atoms. The number of nitrogens with zero attached hydrogens (tertiary/aromatic N) is 1. The van der Waals surface area contributed by atoms with Crippen molar-refractivity contribution in [1.29, 1.82) is 0 Å². The molecule has 0 aliphatic heterocycles. The molecule has 0 spiro atoms. The van der Waals surface area contributed by atoms with Gasteiger partial charge in [0.15, 0.2) is 5.96 Å². The van der Waals surface area contributed by atoms with Crippen molar-refractivity contribution in [1.82, 2.24) is 0 Å². The standard InChI is InChI=1S/C11H16N4O/c1-6-3-7(2)10(9(16)4-6)8(12)5-15-11(13)14/h3-5,16H,12H2,1-2H3,(H4,13,14,15)/b8-5-. The lowest BCUT2D eigenvalue weighted by Crippen LogP contribution is -2.22. The highest BCUT2D eigenvalue weighted by molar-refractivity contribution is 5.78. The molecule has 0 saturated carbocycles. The molecule has 5 nitrogen and oxygen atoms in total. The average molecular weight is 220 g/mol. The number of hydrogen-bond donors (Lipinski definition) is 4. The van der Waals surface area contributed by atoms with E-state index in [4.69, 9.17) is 17.2 Å². The first-order valence-corrected chi connectivity index (χ1v) is 4.76. The number of rotatable bonds is 2. The van der Waals surface area contributed by atoms with E-state index in [1.807, 2.05) is 19.9 Å². The van der Waals surface area contributed by atoms with E-state index in [0.717, 1.165) is 11.1 Å². The number of aryl methyl sites for hydroxylation is 2. The van der Waals surface area contributed by atoms with Crippen LogP contribution in [0.3, 0.4) is 0 Å². The Bertz CT molecular complexity index is 436. The van der Waals surface area contributed by atoms with E-state index in [-0.39, 0.29) is 11.7 Å². The first-order valence-electron chi connectivity index (χ1n) is 4.76. The molecule has 5 heteroatoms. The molecule has 0 atom stereocenters. The van der Waals surface area contributed by atoms with Crippen LogP contribution >= 0.6 is 0 Å². The summed E-state index contributed by atoms with van der Waals surface area (Å²) in [5.41, 5.74) is 18.9. The van der Waals surface area contributed by atoms with Gasteiger partial charge < -0.3 is 22.3 Å². The first kappa shape index (κ1) is 11.9. The van der Waals surface area contributed by atoms with E-state index in [9.17, 15) is 5.11 Å². The van der Waals surface area contributed by atoms with Gasteiger partial charge in [0.1, 0.15) is 5.75 Å². The Hall–Kier alpha value is -2.17. The van der Waals surface area contributed by atoms with Gasteiger partial charge in [0.05, 0.1) is 11.9 Å². The predicted octanol–water partition coefficient (Wildman–Crippen LogP) is 0.540. The molecule has 0 aromatic heterocycles. The molecule has 1 aromatic rings. The molecule has 0 saturated heterocycles. The topological polar surface area (TPSA) is 111 Å². The summed E-state index contributed by atoms with van der Waals surface area (Å²) in [6.45, 7) is 3.75. The fourth-order valence-electron chi connectivity index (χ4n) is 1.53. The number of benzene rings is 1. The lowest BCUT2D eigenvalue weighted by molar-refractivity contribution is 0.472. The second-order valence-electron chi connectivity index (χ2n) is 3.61. The Morgan fingerprint density at radius 3 is 2.38 bits per heavy atom. The van der Waals surface area contributed by atoms with Crippen molar-refractivity contribution < 1.29 is 5.11 Å². The molecule has 0 aliphatic rings. The van der Waals surface area contributed by atoms with Crippen LogP contribution < -0.4 is 17.2 Å². The fourth-order valence-corrected chi connectivity index (χ4v) is 1.53. The zero-order chi connectivity index (χ0) is 12.3. The van der Waals surface area contributed by atoms with Gasteiger partial charge in [-0.1, -0.05) is 6.07 Å². The van der Waals surface area contributed by atoms with Gasteiger partial charge >= 0.3 is 0 Å². The summed E-state index contributed by atoms with van der Waals surface area (Å²) in [6, 6.07) is 3.56. The van der Waals surface area contributed by atoms with Crippen LogP contribution in [-0.2, 0) is 0 Å². The van der Waals surface area contributed by atoms with Gasteiger partial charge in [-0.3, -0.25) is 0 Å². The number of aromatic hydroxyl groups is 1. The van der Waals surface area contributed by atoms with Crippen LogP contribution in [0.25, 0.3) is 5.70 Å². The van der Waals surface area contributed by atoms with Crippen molar-refractivity contribution in [2.45, 2.75) is 13.8 Å². The van der Waals surface area contributed by atoms with Gasteiger partial charge in [0, 0.05) is 5.56 Å². The highest BCUT2D eigenvalue weighted by Crippen LogP contribution is 2.27. The van der Waals surface area contributed by atoms with Crippen molar-refractivity contribution in [3.63, 3.8) is 0 Å². The number of phenolic OH excluding ortho intramolecular Hbond substituents is 1. The molecule has 0 amide bonds. The number of hydrogen-bond acceptors (Lipinski definition) is 3. The summed E-state index contributed by atoms with van der Waals surface area (Å²) < 4.78 is 0. The third-order valence-electron chi connectivity index (χ3n) is 2.10. The highest BCUT2D eigenvalue weighted by atomic mass is 16.3. The molecule has 1 rings (SSSR count). The lowest BCUT2D eigenvalue weighted by atomic mass is 10.0. The molecule has 0 heterocycles. The van der Waals surface area contributed by atoms with Crippen molar-refractivity contribution in [2.75, 3.05) is 0 Å². The molecule has 0 aliphatic carbocycles. The van der Waals surface area contributed by atoms with Gasteiger partial charge in [-0.05, 0) is 31.0 Å². The molecule has 0 radical (unpaired) electrons. The van der Waals surface area contributed by atoms with Crippen LogP contribution in [-0.4, -0.2) is 11.1 Å². The van der Waals surface area contributed by atoms with Crippen LogP contribution in [0.1, 0.15) is 16.7 Å². The number of phenols is 1. The van der Waals surface area contributed by atoms with E-state index in [1.165, 1.54) is 6.20 Å². The molecular weight excluding hydrogens is 204 g/mol. The Kier molecular flexibility index (Phi) is 3.40. The number of guanidine groups is 1. The minimum absolute atomic E-state index is 0.0767. The molecule has 0 fully saturated rings. The largest absolute Gasteiger partial charge is 0.507 e. The normalized spacial score (nSPS) is 11.2. The third-order valence-corrected chi connectivity index (χ3v) is 2.10. The molecule has 0 unspecified atom stereocenters. The summed E-state index contributed by atoms with van der Waals surface area (Å²) in [4.78, 5) is 3.68. The summed E-state index contributed by atoms with van der Waals surface area (Å²) in [5.74, 6) is 0.0456. The van der Waals surface area contributed by atoms with Crippen LogP contribution in [0.5, 0.6) is 5.75 Å². The fraction of sp³-hybridized carbons (Fsp3) is 0.182. The van der Waals surface area contributed by atoms with Gasteiger partial charge in [-0.2, -0.15) is 0 Å². The van der Waals surface area contributed by atoms with Crippen LogP contribution in [0.4, 0.5) is 0 Å². The molecule has 1 aromatic carbocycles. The summed E-state index contributed by atoms with van der Waals surface area (Å²) >= 11 is 0. The third kappa shape index (κ3) is 2.66. The zero-order valence-corrected chi connectivity index (χ0v) is 9.36. The average Bonchev–Trinajstić information content (AvgIpc) is 2.12. The van der Waals surface area contributed by atoms with E-state index in [0.29, 0.717) is 11.3 Å². The van der Waals surface area contributed by atoms with Crippen molar-refractivity contribution >= 4 is 11.7 Å². The van der Waals surface area contributed by atoms with Crippen molar-refractivity contribution in [3.8, 4) is 5.75 Å². The van der Waals surface area contributed by atoms with E-state index in [2.05, 4.69) is 4.99 Å². The van der Waals surface area contributed by atoms with Crippen LogP contribution in [0.15, 0.2) is 23.3 Å². The van der Waals surface area contributed by atoms with E-state index >= 15 is 0 Å². The molecular formula is C11H16N4O. The lowest BCUT2D eigenvalue weighted by Gasteiger charge is -2.09. The number of nitrogens with two attached hydrogens (primary N) is 3. The smallest absolute Gasteiger partial charge is 0.190 e. The van der Waals surface area contributed by atoms with Gasteiger partial charge in [-0.15, -0.1) is 0 Å². The van der Waals surface area contributed by atoms with E-state index < -0.39 is 0 Å². The monoisotopic (exact) mass is 220 g/mol. The maximum atomic E-state index is 9.78. The minimum atomic E-state index is -0.0767. The van der Waals surface area contributed by atoms with E-state index in [1.54, 1.807) is 6.07 Å². The van der Waals surface area contributed by atoms with Crippen LogP contribution in [0, 0.1) is 13.8 Å². The Morgan fingerprint density at radius 2 is 1.88 bits per heavy atom. The van der Waals surface area contributed by atoms with Crippen molar-refractivity contribution in [3.05, 3.63) is 35.0 Å². The first-order chi connectivity index (χ1) is 7.41.